The highest BCUT2D eigenvalue weighted by atomic mass is 35.5. The molecule has 1 N–H and O–H groups in total. The number of likely N-dealkylation sites (N-methyl/N-ethyl adjacent to an activating group) is 1. The van der Waals surface area contributed by atoms with Crippen LogP contribution in [0.25, 0.3) is 10.9 Å². The van der Waals surface area contributed by atoms with Gasteiger partial charge in [0.05, 0.1) is 5.52 Å². The summed E-state index contributed by atoms with van der Waals surface area (Å²) in [4.78, 5) is 31.9. The molecule has 190 valence electrons. The standard InChI is InChI=1S/C29H34ClN3O3/c1-4-33(5-2)13-12-32-29(35)24-18-25-27(14-19(24)3)31-11-10-28(25)36-23-9-8-21(26(30)17-23)16-22(34)15-20-6-7-20/h8-11,14,17-18,20H,4-7,12-13,15-16H2,1-3H3,(H,32,35). The molecule has 0 atom stereocenters. The molecule has 1 heterocycles. The maximum absolute atomic E-state index is 12.9. The number of benzene rings is 2. The number of nitrogens with one attached hydrogen (secondary N) is 1. The molecule has 1 fully saturated rings. The second-order valence-electron chi connectivity index (χ2n) is 9.49. The van der Waals surface area contributed by atoms with Gasteiger partial charge in [-0.1, -0.05) is 31.5 Å². The van der Waals surface area contributed by atoms with Crippen molar-refractivity contribution in [3.8, 4) is 11.5 Å². The number of aryl methyl sites for hydroxylation is 1. The number of pyridine rings is 1. The van der Waals surface area contributed by atoms with Crippen molar-refractivity contribution in [3.63, 3.8) is 0 Å². The number of ketones is 1. The van der Waals surface area contributed by atoms with E-state index in [1.807, 2.05) is 31.2 Å². The molecule has 1 aliphatic carbocycles. The predicted octanol–water partition coefficient (Wildman–Crippen LogP) is 5.97. The van der Waals surface area contributed by atoms with E-state index in [1.165, 1.54) is 0 Å². The van der Waals surface area contributed by atoms with Crippen LogP contribution >= 0.6 is 11.6 Å². The number of Topliss-reactive ketones (excluding diaryl/α,β-unsaturated/α-hetero) is 1. The summed E-state index contributed by atoms with van der Waals surface area (Å²) in [5, 5.41) is 4.29. The highest BCUT2D eigenvalue weighted by molar-refractivity contribution is 6.31. The number of nitrogens with zero attached hydrogens (tertiary/aromatic N) is 2. The fourth-order valence-corrected chi connectivity index (χ4v) is 4.60. The lowest BCUT2D eigenvalue weighted by Crippen LogP contribution is -2.35. The van der Waals surface area contributed by atoms with E-state index < -0.39 is 0 Å². The van der Waals surface area contributed by atoms with Crippen LogP contribution in [-0.2, 0) is 11.2 Å². The lowest BCUT2D eigenvalue weighted by atomic mass is 10.0. The SMILES string of the molecule is CCN(CC)CCNC(=O)c1cc2c(Oc3ccc(CC(=O)CC4CC4)c(Cl)c3)ccnc2cc1C. The van der Waals surface area contributed by atoms with E-state index in [-0.39, 0.29) is 11.7 Å². The summed E-state index contributed by atoms with van der Waals surface area (Å²) in [7, 11) is 0. The van der Waals surface area contributed by atoms with Gasteiger partial charge in [0.15, 0.2) is 0 Å². The van der Waals surface area contributed by atoms with E-state index in [1.54, 1.807) is 18.3 Å². The van der Waals surface area contributed by atoms with Crippen molar-refractivity contribution in [3.05, 3.63) is 64.3 Å². The Morgan fingerprint density at radius 2 is 1.92 bits per heavy atom. The lowest BCUT2D eigenvalue weighted by molar-refractivity contribution is -0.118. The van der Waals surface area contributed by atoms with E-state index in [0.717, 1.165) is 54.5 Å². The molecule has 4 rings (SSSR count). The van der Waals surface area contributed by atoms with Crippen molar-refractivity contribution < 1.29 is 14.3 Å². The molecule has 1 aliphatic rings. The minimum absolute atomic E-state index is 0.111. The second kappa shape index (κ2) is 11.8. The summed E-state index contributed by atoms with van der Waals surface area (Å²) < 4.78 is 6.18. The van der Waals surface area contributed by atoms with Crippen molar-refractivity contribution >= 4 is 34.2 Å². The molecule has 0 radical (unpaired) electrons. The number of amides is 1. The molecule has 0 bridgehead atoms. The van der Waals surface area contributed by atoms with Gasteiger partial charge in [0.1, 0.15) is 17.3 Å². The maximum atomic E-state index is 12.9. The molecule has 0 aliphatic heterocycles. The van der Waals surface area contributed by atoms with Crippen LogP contribution in [0, 0.1) is 12.8 Å². The molecule has 1 saturated carbocycles. The molecular formula is C29H34ClN3O3. The molecule has 0 spiro atoms. The van der Waals surface area contributed by atoms with Crippen molar-refractivity contribution in [1.82, 2.24) is 15.2 Å². The van der Waals surface area contributed by atoms with E-state index in [0.29, 0.717) is 47.4 Å². The Morgan fingerprint density at radius 1 is 1.14 bits per heavy atom. The highest BCUT2D eigenvalue weighted by Crippen LogP contribution is 2.35. The van der Waals surface area contributed by atoms with Crippen LogP contribution < -0.4 is 10.1 Å². The summed E-state index contributed by atoms with van der Waals surface area (Å²) in [5.74, 6) is 1.84. The van der Waals surface area contributed by atoms with Gasteiger partial charge in [-0.05, 0) is 80.2 Å². The third-order valence-electron chi connectivity index (χ3n) is 6.75. The monoisotopic (exact) mass is 507 g/mol. The van der Waals surface area contributed by atoms with Gasteiger partial charge in [-0.2, -0.15) is 0 Å². The fourth-order valence-electron chi connectivity index (χ4n) is 4.36. The number of fused-ring (bicyclic) bond motifs is 1. The molecular weight excluding hydrogens is 474 g/mol. The van der Waals surface area contributed by atoms with Crippen LogP contribution in [0.4, 0.5) is 0 Å². The van der Waals surface area contributed by atoms with Crippen LogP contribution in [0.1, 0.15) is 54.6 Å². The van der Waals surface area contributed by atoms with E-state index >= 15 is 0 Å². The first kappa shape index (κ1) is 26.1. The number of halogens is 1. The van der Waals surface area contributed by atoms with Gasteiger partial charge in [0.2, 0.25) is 0 Å². The van der Waals surface area contributed by atoms with Crippen molar-refractivity contribution in [2.75, 3.05) is 26.2 Å². The summed E-state index contributed by atoms with van der Waals surface area (Å²) >= 11 is 6.49. The second-order valence-corrected chi connectivity index (χ2v) is 9.90. The van der Waals surface area contributed by atoms with Crippen LogP contribution in [0.15, 0.2) is 42.6 Å². The Hall–Kier alpha value is -2.96. The average Bonchev–Trinajstić information content (AvgIpc) is 3.67. The van der Waals surface area contributed by atoms with Gasteiger partial charge in [0.25, 0.3) is 5.91 Å². The maximum Gasteiger partial charge on any atom is 0.251 e. The highest BCUT2D eigenvalue weighted by Gasteiger charge is 2.24. The first-order valence-electron chi connectivity index (χ1n) is 12.8. The molecule has 0 unspecified atom stereocenters. The molecule has 2 aromatic carbocycles. The Kier molecular flexibility index (Phi) is 8.60. The minimum atomic E-state index is -0.111. The Bertz CT molecular complexity index is 1250. The molecule has 7 heteroatoms. The topological polar surface area (TPSA) is 71.5 Å². The summed E-state index contributed by atoms with van der Waals surface area (Å²) in [6, 6.07) is 10.9. The van der Waals surface area contributed by atoms with Crippen LogP contribution in [0.3, 0.4) is 0 Å². The van der Waals surface area contributed by atoms with E-state index in [4.69, 9.17) is 16.3 Å². The molecule has 1 amide bonds. The van der Waals surface area contributed by atoms with Crippen molar-refractivity contribution in [1.29, 1.82) is 0 Å². The zero-order valence-corrected chi connectivity index (χ0v) is 22.0. The number of ether oxygens (including phenoxy) is 1. The van der Waals surface area contributed by atoms with Crippen LogP contribution in [0.2, 0.25) is 5.02 Å². The normalized spacial score (nSPS) is 13.2. The van der Waals surface area contributed by atoms with E-state index in [9.17, 15) is 9.59 Å². The summed E-state index contributed by atoms with van der Waals surface area (Å²) in [6.07, 6.45) is 4.99. The van der Waals surface area contributed by atoms with Gasteiger partial charge in [-0.25, -0.2) is 0 Å². The van der Waals surface area contributed by atoms with Crippen molar-refractivity contribution in [2.24, 2.45) is 5.92 Å². The predicted molar refractivity (Wildman–Crippen MR) is 144 cm³/mol. The van der Waals surface area contributed by atoms with Gasteiger partial charge in [0, 0.05) is 48.1 Å². The first-order chi connectivity index (χ1) is 17.4. The molecule has 0 saturated heterocycles. The number of carbonyl (C=O) groups is 2. The quantitative estimate of drug-likeness (QED) is 0.327. The van der Waals surface area contributed by atoms with Gasteiger partial charge >= 0.3 is 0 Å². The smallest absolute Gasteiger partial charge is 0.251 e. The Morgan fingerprint density at radius 3 is 2.61 bits per heavy atom. The largest absolute Gasteiger partial charge is 0.457 e. The number of rotatable bonds is 12. The minimum Gasteiger partial charge on any atom is -0.457 e. The van der Waals surface area contributed by atoms with E-state index in [2.05, 4.69) is 29.0 Å². The van der Waals surface area contributed by atoms with Crippen LogP contribution in [-0.4, -0.2) is 47.8 Å². The number of carbonyl (C=O) groups excluding carboxylic acids is 2. The molecule has 36 heavy (non-hydrogen) atoms. The van der Waals surface area contributed by atoms with Gasteiger partial charge in [-0.3, -0.25) is 14.6 Å². The van der Waals surface area contributed by atoms with Crippen molar-refractivity contribution in [2.45, 2.75) is 46.5 Å². The first-order valence-corrected chi connectivity index (χ1v) is 13.1. The van der Waals surface area contributed by atoms with Gasteiger partial charge < -0.3 is 15.0 Å². The summed E-state index contributed by atoms with van der Waals surface area (Å²) in [6.45, 7) is 9.44. The third kappa shape index (κ3) is 6.62. The lowest BCUT2D eigenvalue weighted by Gasteiger charge is -2.18. The zero-order valence-electron chi connectivity index (χ0n) is 21.3. The number of hydrogen-bond donors (Lipinski definition) is 1. The molecule has 6 nitrogen and oxygen atoms in total. The average molecular weight is 508 g/mol. The zero-order chi connectivity index (χ0) is 25.7. The molecule has 1 aromatic heterocycles. The van der Waals surface area contributed by atoms with Gasteiger partial charge in [-0.15, -0.1) is 0 Å². The third-order valence-corrected chi connectivity index (χ3v) is 7.11. The summed E-state index contributed by atoms with van der Waals surface area (Å²) in [5.41, 5.74) is 3.02. The molecule has 3 aromatic rings. The number of aromatic nitrogens is 1. The fraction of sp³-hybridized carbons (Fsp3) is 0.414. The Labute approximate surface area is 218 Å². The van der Waals surface area contributed by atoms with Crippen LogP contribution in [0.5, 0.6) is 11.5 Å². The number of hydrogen-bond acceptors (Lipinski definition) is 5. The Balaban J connectivity index is 1.50.